The summed E-state index contributed by atoms with van der Waals surface area (Å²) in [5, 5.41) is 0.0160. The second-order valence-corrected chi connectivity index (χ2v) is 7.74. The summed E-state index contributed by atoms with van der Waals surface area (Å²) < 4.78 is 0.819. The molecule has 0 N–H and O–H groups in total. The van der Waals surface area contributed by atoms with E-state index in [1.165, 1.54) is 17.3 Å². The second-order valence-electron chi connectivity index (χ2n) is 5.56. The average Bonchev–Trinajstić information content (AvgIpc) is 2.94. The number of carbonyl (C=O) groups is 1. The Kier molecular flexibility index (Phi) is 5.43. The van der Waals surface area contributed by atoms with Crippen molar-refractivity contribution in [2.24, 2.45) is 4.99 Å². The van der Waals surface area contributed by atoms with E-state index in [-0.39, 0.29) is 5.12 Å². The van der Waals surface area contributed by atoms with Gasteiger partial charge in [0.15, 0.2) is 0 Å². The number of carbonyl (C=O) groups excluding carboxylic acids is 1. The van der Waals surface area contributed by atoms with Crippen molar-refractivity contribution in [1.29, 1.82) is 0 Å². The van der Waals surface area contributed by atoms with E-state index < -0.39 is 0 Å². The highest BCUT2D eigenvalue weighted by atomic mass is 32.2. The van der Waals surface area contributed by atoms with E-state index in [0.717, 1.165) is 21.4 Å². The maximum absolute atomic E-state index is 12.1. The SMILES string of the molecule is CN(C)c1ccc(/C=C2\N=C(SCc3ccccc3)SC2=O)cc1. The molecule has 0 aliphatic carbocycles. The lowest BCUT2D eigenvalue weighted by Gasteiger charge is -2.11. The van der Waals surface area contributed by atoms with Gasteiger partial charge in [-0.2, -0.15) is 0 Å². The van der Waals surface area contributed by atoms with Crippen LogP contribution in [-0.4, -0.2) is 23.6 Å². The van der Waals surface area contributed by atoms with E-state index in [4.69, 9.17) is 0 Å². The van der Waals surface area contributed by atoms with Gasteiger partial charge in [0.2, 0.25) is 5.12 Å². The number of hydrogen-bond donors (Lipinski definition) is 0. The fraction of sp³-hybridized carbons (Fsp3) is 0.158. The van der Waals surface area contributed by atoms with Crippen LogP contribution in [0.5, 0.6) is 0 Å². The molecule has 0 radical (unpaired) electrons. The first-order valence-electron chi connectivity index (χ1n) is 7.58. The van der Waals surface area contributed by atoms with Gasteiger partial charge in [0, 0.05) is 25.5 Å². The summed E-state index contributed by atoms with van der Waals surface area (Å²) in [6.45, 7) is 0. The average molecular weight is 354 g/mol. The molecule has 0 fully saturated rings. The van der Waals surface area contributed by atoms with Gasteiger partial charge in [-0.1, -0.05) is 54.2 Å². The second kappa shape index (κ2) is 7.73. The third kappa shape index (κ3) is 4.30. The number of hydrogen-bond acceptors (Lipinski definition) is 5. The first-order chi connectivity index (χ1) is 11.6. The molecule has 1 aliphatic rings. The Morgan fingerprint density at radius 2 is 1.79 bits per heavy atom. The Labute approximate surface area is 150 Å². The minimum Gasteiger partial charge on any atom is -0.378 e. The lowest BCUT2D eigenvalue weighted by Crippen LogP contribution is -2.07. The van der Waals surface area contributed by atoms with Crippen molar-refractivity contribution in [3.05, 3.63) is 71.4 Å². The van der Waals surface area contributed by atoms with Gasteiger partial charge in [0.05, 0.1) is 0 Å². The summed E-state index contributed by atoms with van der Waals surface area (Å²) in [6.07, 6.45) is 1.85. The monoisotopic (exact) mass is 354 g/mol. The number of anilines is 1. The fourth-order valence-electron chi connectivity index (χ4n) is 2.20. The van der Waals surface area contributed by atoms with E-state index >= 15 is 0 Å². The highest BCUT2D eigenvalue weighted by molar-refractivity contribution is 8.45. The van der Waals surface area contributed by atoms with Gasteiger partial charge in [0.25, 0.3) is 0 Å². The molecule has 0 spiro atoms. The molecule has 0 atom stereocenters. The summed E-state index contributed by atoms with van der Waals surface area (Å²) in [5.41, 5.74) is 3.87. The Morgan fingerprint density at radius 1 is 1.08 bits per heavy atom. The van der Waals surface area contributed by atoms with Crippen LogP contribution in [0.25, 0.3) is 6.08 Å². The molecule has 0 unspecified atom stereocenters. The fourth-order valence-corrected chi connectivity index (χ4v) is 3.99. The standard InChI is InChI=1S/C19H18N2OS2/c1-21(2)16-10-8-14(9-11-16)12-17-18(22)24-19(20-17)23-13-15-6-4-3-5-7-15/h3-12H,13H2,1-2H3/b17-12-. The van der Waals surface area contributed by atoms with Crippen molar-refractivity contribution >= 4 is 44.8 Å². The molecule has 0 saturated heterocycles. The van der Waals surface area contributed by atoms with E-state index in [0.29, 0.717) is 5.70 Å². The molecule has 0 bridgehead atoms. The molecule has 1 aliphatic heterocycles. The van der Waals surface area contributed by atoms with Crippen molar-refractivity contribution in [2.75, 3.05) is 19.0 Å². The molecule has 3 nitrogen and oxygen atoms in total. The Balaban J connectivity index is 1.69. The molecular formula is C19H18N2OS2. The molecule has 122 valence electrons. The van der Waals surface area contributed by atoms with Gasteiger partial charge < -0.3 is 4.90 Å². The zero-order valence-electron chi connectivity index (χ0n) is 13.6. The molecule has 0 saturated carbocycles. The summed E-state index contributed by atoms with van der Waals surface area (Å²) in [5.74, 6) is 0.824. The van der Waals surface area contributed by atoms with E-state index in [9.17, 15) is 4.79 Å². The normalized spacial score (nSPS) is 15.7. The topological polar surface area (TPSA) is 32.7 Å². The number of rotatable bonds is 4. The van der Waals surface area contributed by atoms with Crippen molar-refractivity contribution in [3.63, 3.8) is 0 Å². The van der Waals surface area contributed by atoms with E-state index in [2.05, 4.69) is 17.1 Å². The maximum atomic E-state index is 12.1. The van der Waals surface area contributed by atoms with Crippen molar-refractivity contribution in [2.45, 2.75) is 5.75 Å². The van der Waals surface area contributed by atoms with Crippen LogP contribution in [0.1, 0.15) is 11.1 Å². The predicted molar refractivity (Wildman–Crippen MR) is 107 cm³/mol. The van der Waals surface area contributed by atoms with Crippen molar-refractivity contribution in [3.8, 4) is 0 Å². The van der Waals surface area contributed by atoms with Crippen LogP contribution in [0.2, 0.25) is 0 Å². The number of thioether (sulfide) groups is 2. The Bertz CT molecular complexity index is 781. The third-order valence-electron chi connectivity index (χ3n) is 3.52. The Morgan fingerprint density at radius 3 is 2.46 bits per heavy atom. The Hall–Kier alpha value is -1.98. The summed E-state index contributed by atoms with van der Waals surface area (Å²) in [7, 11) is 4.01. The molecule has 1 heterocycles. The van der Waals surface area contributed by atoms with Crippen LogP contribution in [0.3, 0.4) is 0 Å². The highest BCUT2D eigenvalue weighted by Crippen LogP contribution is 2.32. The first-order valence-corrected chi connectivity index (χ1v) is 9.39. The molecule has 0 amide bonds. The quantitative estimate of drug-likeness (QED) is 0.748. The summed E-state index contributed by atoms with van der Waals surface area (Å²) >= 11 is 2.82. The molecule has 2 aromatic carbocycles. The van der Waals surface area contributed by atoms with E-state index in [1.54, 1.807) is 11.8 Å². The predicted octanol–water partition coefficient (Wildman–Crippen LogP) is 4.66. The smallest absolute Gasteiger partial charge is 0.244 e. The molecule has 3 rings (SSSR count). The van der Waals surface area contributed by atoms with Gasteiger partial charge in [-0.3, -0.25) is 4.79 Å². The van der Waals surface area contributed by atoms with Gasteiger partial charge >= 0.3 is 0 Å². The number of benzene rings is 2. The van der Waals surface area contributed by atoms with Crippen LogP contribution in [0.15, 0.2) is 65.3 Å². The first kappa shape index (κ1) is 16.9. The van der Waals surface area contributed by atoms with Crippen LogP contribution < -0.4 is 4.90 Å². The molecule has 5 heteroatoms. The van der Waals surface area contributed by atoms with Gasteiger partial charge in [0.1, 0.15) is 10.1 Å². The lowest BCUT2D eigenvalue weighted by molar-refractivity contribution is -0.107. The minimum atomic E-state index is 0.0160. The van der Waals surface area contributed by atoms with Gasteiger partial charge in [-0.05, 0) is 41.1 Å². The third-order valence-corrected chi connectivity index (χ3v) is 5.60. The zero-order valence-corrected chi connectivity index (χ0v) is 15.2. The van der Waals surface area contributed by atoms with Crippen LogP contribution in [0.4, 0.5) is 5.69 Å². The highest BCUT2D eigenvalue weighted by Gasteiger charge is 2.22. The number of aliphatic imine (C=N–C) groups is 1. The number of nitrogens with zero attached hydrogens (tertiary/aromatic N) is 2. The van der Waals surface area contributed by atoms with Crippen LogP contribution in [0, 0.1) is 0 Å². The zero-order chi connectivity index (χ0) is 16.9. The van der Waals surface area contributed by atoms with Crippen molar-refractivity contribution in [1.82, 2.24) is 0 Å². The molecular weight excluding hydrogens is 336 g/mol. The minimum absolute atomic E-state index is 0.0160. The van der Waals surface area contributed by atoms with Crippen molar-refractivity contribution < 1.29 is 4.79 Å². The maximum Gasteiger partial charge on any atom is 0.244 e. The molecule has 24 heavy (non-hydrogen) atoms. The van der Waals surface area contributed by atoms with E-state index in [1.807, 2.05) is 67.5 Å². The van der Waals surface area contributed by atoms with Gasteiger partial charge in [-0.15, -0.1) is 0 Å². The van der Waals surface area contributed by atoms with Gasteiger partial charge in [-0.25, -0.2) is 4.99 Å². The summed E-state index contributed by atoms with van der Waals surface area (Å²) in [6, 6.07) is 18.3. The molecule has 2 aromatic rings. The molecule has 0 aromatic heterocycles. The van der Waals surface area contributed by atoms with Crippen LogP contribution in [-0.2, 0) is 10.5 Å². The summed E-state index contributed by atoms with van der Waals surface area (Å²) in [4.78, 5) is 18.7. The largest absolute Gasteiger partial charge is 0.378 e. The lowest BCUT2D eigenvalue weighted by atomic mass is 10.1. The van der Waals surface area contributed by atoms with Crippen LogP contribution >= 0.6 is 23.5 Å².